The summed E-state index contributed by atoms with van der Waals surface area (Å²) in [4.78, 5) is 31.9. The van der Waals surface area contributed by atoms with Crippen LogP contribution in [0.3, 0.4) is 0 Å². The summed E-state index contributed by atoms with van der Waals surface area (Å²) in [5, 5.41) is 14.5. The normalized spacial score (nSPS) is 17.9. The average molecular weight is 479 g/mol. The standard InChI is InChI=1S/C13H11N5O2.C11H12F2N2/c19-12-9(6-15-13(20)16-12)10-5-8(7-1-2-7)11-14-3-4-18(11)17-10;12-11(13)5-9(11)7-15-10-4-2-1-3-8(10)6-14/h3-7H,1-2H2,(H2,15,16,19,20);1-4,6,9,14-15H,5,7H2. The molecule has 0 spiro atoms. The van der Waals surface area contributed by atoms with Crippen LogP contribution in [0.5, 0.6) is 0 Å². The maximum atomic E-state index is 12.6. The summed E-state index contributed by atoms with van der Waals surface area (Å²) in [6, 6.07) is 9.10. The van der Waals surface area contributed by atoms with Gasteiger partial charge in [-0.1, -0.05) is 18.2 Å². The van der Waals surface area contributed by atoms with E-state index in [4.69, 9.17) is 5.41 Å². The summed E-state index contributed by atoms with van der Waals surface area (Å²) in [5.41, 5.74) is 3.32. The molecule has 2 aliphatic rings. The highest BCUT2D eigenvalue weighted by atomic mass is 19.3. The Morgan fingerprint density at radius 2 is 2.03 bits per heavy atom. The predicted molar refractivity (Wildman–Crippen MR) is 128 cm³/mol. The second-order valence-corrected chi connectivity index (χ2v) is 8.71. The molecular weight excluding hydrogens is 456 g/mol. The van der Waals surface area contributed by atoms with Crippen LogP contribution >= 0.6 is 0 Å². The second-order valence-electron chi connectivity index (χ2n) is 8.71. The number of benzene rings is 1. The van der Waals surface area contributed by atoms with Crippen molar-refractivity contribution in [2.75, 3.05) is 11.9 Å². The van der Waals surface area contributed by atoms with Gasteiger partial charge in [-0.3, -0.25) is 9.78 Å². The molecule has 1 aromatic carbocycles. The van der Waals surface area contributed by atoms with Gasteiger partial charge in [0, 0.05) is 60.5 Å². The fourth-order valence-electron chi connectivity index (χ4n) is 3.88. The Bertz CT molecular complexity index is 1500. The maximum absolute atomic E-state index is 12.6. The van der Waals surface area contributed by atoms with E-state index in [1.54, 1.807) is 29.0 Å². The minimum absolute atomic E-state index is 0.0211. The monoisotopic (exact) mass is 479 g/mol. The molecule has 0 radical (unpaired) electrons. The molecule has 0 amide bonds. The van der Waals surface area contributed by atoms with Crippen molar-refractivity contribution in [2.45, 2.75) is 31.1 Å². The van der Waals surface area contributed by atoms with Crippen LogP contribution in [-0.2, 0) is 0 Å². The molecule has 11 heteroatoms. The van der Waals surface area contributed by atoms with Crippen LogP contribution < -0.4 is 16.6 Å². The molecule has 35 heavy (non-hydrogen) atoms. The third kappa shape index (κ3) is 4.88. The molecule has 180 valence electrons. The van der Waals surface area contributed by atoms with Gasteiger partial charge in [0.25, 0.3) is 11.5 Å². The second kappa shape index (κ2) is 8.90. The van der Waals surface area contributed by atoms with Gasteiger partial charge >= 0.3 is 5.69 Å². The summed E-state index contributed by atoms with van der Waals surface area (Å²) in [7, 11) is 0. The first-order valence-corrected chi connectivity index (χ1v) is 11.2. The highest BCUT2D eigenvalue weighted by Crippen LogP contribution is 2.48. The van der Waals surface area contributed by atoms with Crippen LogP contribution in [0.15, 0.2) is 58.5 Å². The molecule has 9 nitrogen and oxygen atoms in total. The first-order valence-electron chi connectivity index (χ1n) is 11.2. The van der Waals surface area contributed by atoms with Crippen LogP contribution in [0, 0.1) is 11.3 Å². The van der Waals surface area contributed by atoms with E-state index in [2.05, 4.69) is 25.4 Å². The number of anilines is 1. The lowest BCUT2D eigenvalue weighted by Gasteiger charge is -2.08. The van der Waals surface area contributed by atoms with Gasteiger partial charge in [-0.2, -0.15) is 5.10 Å². The molecule has 6 rings (SSSR count). The number of alkyl halides is 2. The number of fused-ring (bicyclic) bond motifs is 1. The van der Waals surface area contributed by atoms with Crippen molar-refractivity contribution in [3.8, 4) is 11.3 Å². The zero-order chi connectivity index (χ0) is 24.6. The van der Waals surface area contributed by atoms with Crippen molar-refractivity contribution in [3.63, 3.8) is 0 Å². The summed E-state index contributed by atoms with van der Waals surface area (Å²) in [6.45, 7) is 0.276. The molecule has 2 saturated carbocycles. The lowest BCUT2D eigenvalue weighted by Crippen LogP contribution is -2.23. The minimum Gasteiger partial charge on any atom is -0.384 e. The average Bonchev–Trinajstić information content (AvgIpc) is 3.73. The number of nitrogens with one attached hydrogen (secondary N) is 4. The van der Waals surface area contributed by atoms with Gasteiger partial charge in [0.15, 0.2) is 5.65 Å². The van der Waals surface area contributed by atoms with Crippen molar-refractivity contribution in [1.29, 1.82) is 5.41 Å². The largest absolute Gasteiger partial charge is 0.384 e. The van der Waals surface area contributed by atoms with Crippen LogP contribution in [0.4, 0.5) is 14.5 Å². The maximum Gasteiger partial charge on any atom is 0.325 e. The molecule has 2 fully saturated rings. The Hall–Kier alpha value is -4.15. The number of hydrogen-bond acceptors (Lipinski definition) is 6. The number of aromatic nitrogens is 5. The van der Waals surface area contributed by atoms with E-state index in [1.165, 1.54) is 12.4 Å². The molecular formula is C24H23F2N7O2. The first kappa shape index (κ1) is 22.6. The Balaban J connectivity index is 0.000000152. The number of para-hydroxylation sites is 1. The number of rotatable bonds is 6. The van der Waals surface area contributed by atoms with E-state index in [-0.39, 0.29) is 13.0 Å². The van der Waals surface area contributed by atoms with Gasteiger partial charge in [-0.15, -0.1) is 0 Å². The van der Waals surface area contributed by atoms with Gasteiger partial charge in [0.1, 0.15) is 0 Å². The van der Waals surface area contributed by atoms with Crippen molar-refractivity contribution in [1.82, 2.24) is 24.6 Å². The summed E-state index contributed by atoms with van der Waals surface area (Å²) >= 11 is 0. The van der Waals surface area contributed by atoms with Gasteiger partial charge < -0.3 is 15.7 Å². The zero-order valence-electron chi connectivity index (χ0n) is 18.6. The number of halogens is 2. The fourth-order valence-corrected chi connectivity index (χ4v) is 3.88. The van der Waals surface area contributed by atoms with Crippen LogP contribution in [-0.4, -0.2) is 43.2 Å². The third-order valence-corrected chi connectivity index (χ3v) is 6.11. The summed E-state index contributed by atoms with van der Waals surface area (Å²) in [6.07, 6.45) is 8.30. The van der Waals surface area contributed by atoms with Gasteiger partial charge in [-0.05, 0) is 30.9 Å². The molecule has 0 aliphatic heterocycles. The fraction of sp³-hybridized carbons (Fsp3) is 0.292. The predicted octanol–water partition coefficient (Wildman–Crippen LogP) is 3.40. The minimum atomic E-state index is -2.48. The molecule has 3 heterocycles. The summed E-state index contributed by atoms with van der Waals surface area (Å²) < 4.78 is 26.9. The van der Waals surface area contributed by atoms with Crippen molar-refractivity contribution < 1.29 is 8.78 Å². The molecule has 0 saturated heterocycles. The zero-order valence-corrected chi connectivity index (χ0v) is 18.6. The number of aromatic amines is 2. The van der Waals surface area contributed by atoms with Gasteiger partial charge in [0.2, 0.25) is 0 Å². The lowest BCUT2D eigenvalue weighted by molar-refractivity contribution is 0.101. The van der Waals surface area contributed by atoms with E-state index in [9.17, 15) is 18.4 Å². The molecule has 2 aliphatic carbocycles. The van der Waals surface area contributed by atoms with E-state index in [1.807, 2.05) is 18.2 Å². The number of nitrogens with zero attached hydrogens (tertiary/aromatic N) is 3. The van der Waals surface area contributed by atoms with Crippen LogP contribution in [0.25, 0.3) is 16.9 Å². The van der Waals surface area contributed by atoms with Crippen LogP contribution in [0.1, 0.15) is 36.3 Å². The van der Waals surface area contributed by atoms with E-state index in [0.29, 0.717) is 17.2 Å². The Kier molecular flexibility index (Phi) is 5.75. The third-order valence-electron chi connectivity index (χ3n) is 6.11. The summed E-state index contributed by atoms with van der Waals surface area (Å²) in [5.74, 6) is -2.54. The smallest absolute Gasteiger partial charge is 0.325 e. The quantitative estimate of drug-likeness (QED) is 0.315. The SMILES string of the molecule is N=Cc1ccccc1NCC1CC1(F)F.O=c1[nH]cc(-c2cc(C3CC3)c3nccn3n2)c(=O)[nH]1. The molecule has 3 aromatic heterocycles. The molecule has 4 N–H and O–H groups in total. The number of H-pyrrole nitrogens is 2. The van der Waals surface area contributed by atoms with E-state index in [0.717, 1.165) is 35.3 Å². The molecule has 4 aromatic rings. The van der Waals surface area contributed by atoms with Crippen LogP contribution in [0.2, 0.25) is 0 Å². The van der Waals surface area contributed by atoms with Gasteiger partial charge in [-0.25, -0.2) is 23.1 Å². The topological polar surface area (TPSA) is 132 Å². The van der Waals surface area contributed by atoms with Gasteiger partial charge in [0.05, 0.1) is 11.3 Å². The first-order chi connectivity index (χ1) is 16.9. The Morgan fingerprint density at radius 1 is 1.26 bits per heavy atom. The van der Waals surface area contributed by atoms with E-state index >= 15 is 0 Å². The number of imidazole rings is 1. The molecule has 1 unspecified atom stereocenters. The highest BCUT2D eigenvalue weighted by Gasteiger charge is 2.56. The van der Waals surface area contributed by atoms with Crippen molar-refractivity contribution in [2.24, 2.45) is 5.92 Å². The lowest BCUT2D eigenvalue weighted by atomic mass is 10.1. The highest BCUT2D eigenvalue weighted by molar-refractivity contribution is 5.85. The Labute approximate surface area is 197 Å². The number of hydrogen-bond donors (Lipinski definition) is 4. The Morgan fingerprint density at radius 3 is 2.71 bits per heavy atom. The van der Waals surface area contributed by atoms with E-state index < -0.39 is 23.1 Å². The molecule has 1 atom stereocenters. The van der Waals surface area contributed by atoms with Crippen molar-refractivity contribution >= 4 is 17.5 Å². The van der Waals surface area contributed by atoms with Crippen molar-refractivity contribution in [3.05, 3.63) is 80.9 Å². The molecule has 0 bridgehead atoms.